The molecular weight excluding hydrogens is 306 g/mol. The van der Waals surface area contributed by atoms with Crippen LogP contribution in [0.5, 0.6) is 0 Å². The summed E-state index contributed by atoms with van der Waals surface area (Å²) in [7, 11) is 0. The number of hydrogen-bond donors (Lipinski definition) is 0. The summed E-state index contributed by atoms with van der Waals surface area (Å²) < 4.78 is 7.68. The molecule has 4 rings (SSSR count). The summed E-state index contributed by atoms with van der Waals surface area (Å²) in [6.07, 6.45) is 3.34. The molecule has 7 heteroatoms. The zero-order valence-corrected chi connectivity index (χ0v) is 14.1. The minimum Gasteiger partial charge on any atom is -0.444 e. The first kappa shape index (κ1) is 15.1. The lowest BCUT2D eigenvalue weighted by atomic mass is 10.2. The lowest BCUT2D eigenvalue weighted by Crippen LogP contribution is -2.46. The Morgan fingerprint density at radius 2 is 2.08 bits per heavy atom. The van der Waals surface area contributed by atoms with Crippen molar-refractivity contribution < 1.29 is 9.53 Å². The number of carbonyl (C=O) groups excluding carboxylic acids is 1. The van der Waals surface area contributed by atoms with Crippen molar-refractivity contribution in [3.63, 3.8) is 0 Å². The Morgan fingerprint density at radius 3 is 2.79 bits per heavy atom. The van der Waals surface area contributed by atoms with Gasteiger partial charge < -0.3 is 9.30 Å². The second-order valence-corrected chi connectivity index (χ2v) is 7.34. The molecule has 1 saturated heterocycles. The fourth-order valence-corrected chi connectivity index (χ4v) is 3.54. The number of hydrogen-bond acceptors (Lipinski definition) is 5. The van der Waals surface area contributed by atoms with E-state index >= 15 is 0 Å². The van der Waals surface area contributed by atoms with E-state index in [2.05, 4.69) is 19.7 Å². The molecule has 0 unspecified atom stereocenters. The maximum Gasteiger partial charge on any atom is 0.411 e. The SMILES string of the molecule is CC(C)(C)OC(=O)N1[C@H]2CC[C@@H]1c1nnc(-c3ccccn3)n1C2. The van der Waals surface area contributed by atoms with Gasteiger partial charge in [-0.25, -0.2) is 4.79 Å². The van der Waals surface area contributed by atoms with Crippen LogP contribution in [0.2, 0.25) is 0 Å². The van der Waals surface area contributed by atoms with Crippen LogP contribution in [0, 0.1) is 0 Å². The van der Waals surface area contributed by atoms with Crippen molar-refractivity contribution in [2.45, 2.75) is 57.8 Å². The van der Waals surface area contributed by atoms with Crippen LogP contribution in [0.3, 0.4) is 0 Å². The Morgan fingerprint density at radius 1 is 1.25 bits per heavy atom. The number of ether oxygens (including phenoxy) is 1. The molecule has 2 aliphatic heterocycles. The molecule has 4 heterocycles. The lowest BCUT2D eigenvalue weighted by Gasteiger charge is -2.36. The normalized spacial score (nSPS) is 22.4. The molecule has 0 radical (unpaired) electrons. The van der Waals surface area contributed by atoms with Crippen LogP contribution >= 0.6 is 0 Å². The van der Waals surface area contributed by atoms with Crippen LogP contribution in [0.15, 0.2) is 24.4 Å². The van der Waals surface area contributed by atoms with Gasteiger partial charge in [-0.15, -0.1) is 10.2 Å². The summed E-state index contributed by atoms with van der Waals surface area (Å²) in [4.78, 5) is 18.8. The summed E-state index contributed by atoms with van der Waals surface area (Å²) in [5, 5.41) is 8.69. The molecule has 2 aliphatic rings. The van der Waals surface area contributed by atoms with E-state index in [0.29, 0.717) is 6.54 Å². The Balaban J connectivity index is 1.67. The van der Waals surface area contributed by atoms with Crippen molar-refractivity contribution in [3.05, 3.63) is 30.2 Å². The Bertz CT molecular complexity index is 765. The molecule has 126 valence electrons. The molecule has 0 N–H and O–H groups in total. The fourth-order valence-electron chi connectivity index (χ4n) is 3.54. The summed E-state index contributed by atoms with van der Waals surface area (Å²) in [5.74, 6) is 1.60. The minimum absolute atomic E-state index is 0.0661. The van der Waals surface area contributed by atoms with Crippen molar-refractivity contribution in [1.82, 2.24) is 24.6 Å². The van der Waals surface area contributed by atoms with E-state index < -0.39 is 5.60 Å². The van der Waals surface area contributed by atoms with Crippen LogP contribution in [0.25, 0.3) is 11.5 Å². The number of amides is 1. The standard InChI is InChI=1S/C17H21N5O2/c1-17(2,3)24-16(23)22-11-7-8-13(22)15-20-19-14(21(15)10-11)12-6-4-5-9-18-12/h4-6,9,11,13H,7-8,10H2,1-3H3/t11-,13+/m0/s1. The van der Waals surface area contributed by atoms with Crippen molar-refractivity contribution in [2.24, 2.45) is 0 Å². The zero-order valence-electron chi connectivity index (χ0n) is 14.1. The third kappa shape index (κ3) is 2.44. The Hall–Kier alpha value is -2.44. The average Bonchev–Trinajstić information content (AvgIpc) is 3.08. The van der Waals surface area contributed by atoms with Crippen LogP contribution in [0.4, 0.5) is 4.79 Å². The number of fused-ring (bicyclic) bond motifs is 4. The molecule has 0 saturated carbocycles. The molecule has 1 fully saturated rings. The first-order valence-corrected chi connectivity index (χ1v) is 8.30. The van der Waals surface area contributed by atoms with Gasteiger partial charge in [0.2, 0.25) is 0 Å². The topological polar surface area (TPSA) is 73.1 Å². The largest absolute Gasteiger partial charge is 0.444 e. The van der Waals surface area contributed by atoms with Gasteiger partial charge >= 0.3 is 6.09 Å². The van der Waals surface area contributed by atoms with E-state index in [-0.39, 0.29) is 18.2 Å². The van der Waals surface area contributed by atoms with E-state index in [1.807, 2.05) is 43.9 Å². The lowest BCUT2D eigenvalue weighted by molar-refractivity contribution is 0.00789. The van der Waals surface area contributed by atoms with Gasteiger partial charge in [-0.3, -0.25) is 9.88 Å². The highest BCUT2D eigenvalue weighted by molar-refractivity contribution is 5.70. The van der Waals surface area contributed by atoms with Crippen LogP contribution < -0.4 is 0 Å². The molecule has 0 aromatic carbocycles. The third-order valence-electron chi connectivity index (χ3n) is 4.47. The highest BCUT2D eigenvalue weighted by atomic mass is 16.6. The highest BCUT2D eigenvalue weighted by Crippen LogP contribution is 2.42. The second-order valence-electron chi connectivity index (χ2n) is 7.34. The highest BCUT2D eigenvalue weighted by Gasteiger charge is 2.46. The maximum atomic E-state index is 12.6. The molecule has 24 heavy (non-hydrogen) atoms. The number of pyridine rings is 1. The smallest absolute Gasteiger partial charge is 0.411 e. The van der Waals surface area contributed by atoms with E-state index in [1.54, 1.807) is 6.20 Å². The number of aromatic nitrogens is 4. The molecule has 2 aromatic rings. The maximum absolute atomic E-state index is 12.6. The van der Waals surface area contributed by atoms with Crippen molar-refractivity contribution in [2.75, 3.05) is 0 Å². The van der Waals surface area contributed by atoms with Gasteiger partial charge in [0.1, 0.15) is 11.3 Å². The summed E-state index contributed by atoms with van der Waals surface area (Å²) >= 11 is 0. The monoisotopic (exact) mass is 327 g/mol. The van der Waals surface area contributed by atoms with Crippen molar-refractivity contribution in [3.8, 4) is 11.5 Å². The summed E-state index contributed by atoms with van der Waals surface area (Å²) in [6, 6.07) is 5.80. The van der Waals surface area contributed by atoms with Crippen LogP contribution in [0.1, 0.15) is 45.5 Å². The molecule has 2 bridgehead atoms. The fraction of sp³-hybridized carbons (Fsp3) is 0.529. The zero-order chi connectivity index (χ0) is 16.9. The third-order valence-corrected chi connectivity index (χ3v) is 4.47. The van der Waals surface area contributed by atoms with Gasteiger partial charge in [-0.2, -0.15) is 0 Å². The van der Waals surface area contributed by atoms with Gasteiger partial charge in [0, 0.05) is 12.7 Å². The molecular formula is C17H21N5O2. The van der Waals surface area contributed by atoms with Gasteiger partial charge in [-0.1, -0.05) is 6.07 Å². The van der Waals surface area contributed by atoms with E-state index in [1.165, 1.54) is 0 Å². The molecule has 7 nitrogen and oxygen atoms in total. The first-order chi connectivity index (χ1) is 11.4. The predicted octanol–water partition coefficient (Wildman–Crippen LogP) is 2.79. The van der Waals surface area contributed by atoms with E-state index in [9.17, 15) is 4.79 Å². The molecule has 1 amide bonds. The van der Waals surface area contributed by atoms with Gasteiger partial charge in [0.15, 0.2) is 11.6 Å². The van der Waals surface area contributed by atoms with E-state index in [0.717, 1.165) is 30.2 Å². The predicted molar refractivity (Wildman–Crippen MR) is 87.1 cm³/mol. The Kier molecular flexibility index (Phi) is 3.33. The number of nitrogens with zero attached hydrogens (tertiary/aromatic N) is 5. The van der Waals surface area contributed by atoms with Gasteiger partial charge in [-0.05, 0) is 45.7 Å². The second kappa shape index (κ2) is 5.29. The molecule has 0 spiro atoms. The first-order valence-electron chi connectivity index (χ1n) is 8.30. The molecule has 2 atom stereocenters. The minimum atomic E-state index is -0.499. The van der Waals surface area contributed by atoms with Crippen molar-refractivity contribution >= 4 is 6.09 Å². The van der Waals surface area contributed by atoms with E-state index in [4.69, 9.17) is 4.74 Å². The van der Waals surface area contributed by atoms with Gasteiger partial charge in [0.05, 0.1) is 12.1 Å². The average molecular weight is 327 g/mol. The summed E-state index contributed by atoms with van der Waals surface area (Å²) in [6.45, 7) is 6.35. The molecule has 0 aliphatic carbocycles. The van der Waals surface area contributed by atoms with Crippen LogP contribution in [-0.2, 0) is 11.3 Å². The van der Waals surface area contributed by atoms with Crippen molar-refractivity contribution in [1.29, 1.82) is 0 Å². The van der Waals surface area contributed by atoms with Crippen LogP contribution in [-0.4, -0.2) is 42.4 Å². The number of rotatable bonds is 1. The number of carbonyl (C=O) groups is 1. The quantitative estimate of drug-likeness (QED) is 0.805. The van der Waals surface area contributed by atoms with Gasteiger partial charge in [0.25, 0.3) is 0 Å². The Labute approximate surface area is 140 Å². The molecule has 2 aromatic heterocycles. The summed E-state index contributed by atoms with van der Waals surface area (Å²) in [5.41, 5.74) is 0.308.